The van der Waals surface area contributed by atoms with Crippen molar-refractivity contribution in [1.29, 1.82) is 0 Å². The van der Waals surface area contributed by atoms with Gasteiger partial charge in [-0.1, -0.05) is 18.2 Å². The molecule has 0 spiro atoms. The van der Waals surface area contributed by atoms with Crippen LogP contribution in [0.1, 0.15) is 35.0 Å². The number of thiophene rings is 1. The summed E-state index contributed by atoms with van der Waals surface area (Å²) in [6.45, 7) is 2.02. The maximum Gasteiger partial charge on any atom is 0.0705 e. The van der Waals surface area contributed by atoms with Gasteiger partial charge in [-0.3, -0.25) is 4.98 Å². The van der Waals surface area contributed by atoms with Gasteiger partial charge in [0.25, 0.3) is 0 Å². The van der Waals surface area contributed by atoms with E-state index in [1.165, 1.54) is 15.8 Å². The highest BCUT2D eigenvalue weighted by atomic mass is 32.1. The lowest BCUT2D eigenvalue weighted by Gasteiger charge is -2.12. The lowest BCUT2D eigenvalue weighted by molar-refractivity contribution is 0.614. The molecule has 0 aliphatic heterocycles. The highest BCUT2D eigenvalue weighted by molar-refractivity contribution is 7.09. The van der Waals surface area contributed by atoms with Crippen LogP contribution in [-0.2, 0) is 6.42 Å². The molecule has 2 N–H and O–H groups in total. The fourth-order valence-electron chi connectivity index (χ4n) is 2.59. The van der Waals surface area contributed by atoms with Crippen LogP contribution in [0.2, 0.25) is 0 Å². The number of benzene rings is 1. The molecule has 21 heavy (non-hydrogen) atoms. The monoisotopic (exact) mass is 296 g/mol. The molecule has 0 saturated carbocycles. The molecule has 0 radical (unpaired) electrons. The summed E-state index contributed by atoms with van der Waals surface area (Å²) in [7, 11) is 0. The molecule has 0 bridgehead atoms. The second-order valence-electron chi connectivity index (χ2n) is 5.48. The van der Waals surface area contributed by atoms with E-state index >= 15 is 0 Å². The van der Waals surface area contributed by atoms with Gasteiger partial charge in [-0.2, -0.15) is 0 Å². The summed E-state index contributed by atoms with van der Waals surface area (Å²) < 4.78 is 0. The minimum atomic E-state index is 0.107. The zero-order chi connectivity index (χ0) is 14.7. The van der Waals surface area contributed by atoms with E-state index in [0.29, 0.717) is 0 Å². The molecule has 2 aromatic heterocycles. The van der Waals surface area contributed by atoms with E-state index in [0.717, 1.165) is 30.5 Å². The predicted octanol–water partition coefficient (Wildman–Crippen LogP) is 4.63. The number of hydrogen-bond donors (Lipinski definition) is 1. The van der Waals surface area contributed by atoms with E-state index in [1.807, 2.05) is 18.3 Å². The maximum absolute atomic E-state index is 6.34. The lowest BCUT2D eigenvalue weighted by Crippen LogP contribution is -2.10. The van der Waals surface area contributed by atoms with E-state index in [4.69, 9.17) is 5.73 Å². The molecule has 108 valence electrons. The number of rotatable bonds is 5. The standard InChI is InChI=1S/C18H20N2S/c1-13-7-8-15-12-14(9-10-18(15)20-13)17(19)6-2-4-16-5-3-11-21-16/h3,5,7-12,17H,2,4,6,19H2,1H3. The Hall–Kier alpha value is -1.71. The van der Waals surface area contributed by atoms with Crippen molar-refractivity contribution >= 4 is 22.2 Å². The van der Waals surface area contributed by atoms with Crippen LogP contribution >= 0.6 is 11.3 Å². The number of fused-ring (bicyclic) bond motifs is 1. The van der Waals surface area contributed by atoms with E-state index in [9.17, 15) is 0 Å². The van der Waals surface area contributed by atoms with Gasteiger partial charge in [0.15, 0.2) is 0 Å². The van der Waals surface area contributed by atoms with Crippen molar-refractivity contribution in [2.24, 2.45) is 5.73 Å². The van der Waals surface area contributed by atoms with Crippen LogP contribution in [0.15, 0.2) is 47.8 Å². The normalized spacial score (nSPS) is 12.7. The highest BCUT2D eigenvalue weighted by Crippen LogP contribution is 2.22. The van der Waals surface area contributed by atoms with Crippen LogP contribution in [0.3, 0.4) is 0 Å². The first-order valence-corrected chi connectivity index (χ1v) is 8.25. The number of aryl methyl sites for hydroxylation is 2. The number of pyridine rings is 1. The average molecular weight is 296 g/mol. The fraction of sp³-hybridized carbons (Fsp3) is 0.278. The van der Waals surface area contributed by atoms with Gasteiger partial charge < -0.3 is 5.73 Å². The summed E-state index contributed by atoms with van der Waals surface area (Å²) in [4.78, 5) is 5.98. The molecule has 3 heteroatoms. The molecule has 0 fully saturated rings. The predicted molar refractivity (Wildman–Crippen MR) is 90.7 cm³/mol. The summed E-state index contributed by atoms with van der Waals surface area (Å²) in [5.41, 5.74) is 9.64. The second-order valence-corrected chi connectivity index (χ2v) is 6.52. The molecule has 1 atom stereocenters. The summed E-state index contributed by atoms with van der Waals surface area (Å²) in [6, 6.07) is 15.0. The van der Waals surface area contributed by atoms with Gasteiger partial charge in [0.05, 0.1) is 5.52 Å². The van der Waals surface area contributed by atoms with Gasteiger partial charge >= 0.3 is 0 Å². The molecule has 2 nitrogen and oxygen atoms in total. The molecule has 3 rings (SSSR count). The largest absolute Gasteiger partial charge is 0.324 e. The van der Waals surface area contributed by atoms with Gasteiger partial charge in [-0.15, -0.1) is 11.3 Å². The van der Waals surface area contributed by atoms with E-state index in [1.54, 1.807) is 0 Å². The first-order valence-electron chi connectivity index (χ1n) is 7.37. The zero-order valence-corrected chi connectivity index (χ0v) is 13.1. The van der Waals surface area contributed by atoms with Crippen molar-refractivity contribution in [2.75, 3.05) is 0 Å². The Balaban J connectivity index is 1.66. The van der Waals surface area contributed by atoms with E-state index < -0.39 is 0 Å². The zero-order valence-electron chi connectivity index (χ0n) is 12.3. The maximum atomic E-state index is 6.34. The van der Waals surface area contributed by atoms with Gasteiger partial charge in [-0.25, -0.2) is 0 Å². The minimum absolute atomic E-state index is 0.107. The molecule has 3 aromatic rings. The molecule has 0 aliphatic rings. The topological polar surface area (TPSA) is 38.9 Å². The van der Waals surface area contributed by atoms with Crippen molar-refractivity contribution in [3.63, 3.8) is 0 Å². The number of aromatic nitrogens is 1. The summed E-state index contributed by atoms with van der Waals surface area (Å²) in [6.07, 6.45) is 3.27. The molecule has 0 saturated heterocycles. The van der Waals surface area contributed by atoms with Crippen molar-refractivity contribution < 1.29 is 0 Å². The molecule has 1 unspecified atom stereocenters. The Labute approximate surface area is 129 Å². The third-order valence-electron chi connectivity index (χ3n) is 3.80. The van der Waals surface area contributed by atoms with Crippen molar-refractivity contribution in [3.05, 3.63) is 64.0 Å². The van der Waals surface area contributed by atoms with Gasteiger partial charge in [-0.05, 0) is 61.4 Å². The molecule has 0 aliphatic carbocycles. The Morgan fingerprint density at radius 2 is 2.10 bits per heavy atom. The summed E-state index contributed by atoms with van der Waals surface area (Å²) in [5.74, 6) is 0. The highest BCUT2D eigenvalue weighted by Gasteiger charge is 2.07. The third-order valence-corrected chi connectivity index (χ3v) is 4.74. The number of nitrogens with zero attached hydrogens (tertiary/aromatic N) is 1. The Bertz CT molecular complexity index is 719. The van der Waals surface area contributed by atoms with Crippen LogP contribution in [0.25, 0.3) is 10.9 Å². The number of hydrogen-bond acceptors (Lipinski definition) is 3. The smallest absolute Gasteiger partial charge is 0.0705 e. The summed E-state index contributed by atoms with van der Waals surface area (Å²) >= 11 is 1.82. The quantitative estimate of drug-likeness (QED) is 0.745. The van der Waals surface area contributed by atoms with Crippen LogP contribution < -0.4 is 5.73 Å². The molecular formula is C18H20N2S. The second kappa shape index (κ2) is 6.37. The lowest BCUT2D eigenvalue weighted by atomic mass is 10.00. The van der Waals surface area contributed by atoms with Gasteiger partial charge in [0, 0.05) is 22.0 Å². The molecule has 0 amide bonds. The van der Waals surface area contributed by atoms with Crippen molar-refractivity contribution in [2.45, 2.75) is 32.2 Å². The first-order chi connectivity index (χ1) is 10.2. The van der Waals surface area contributed by atoms with Crippen molar-refractivity contribution in [3.8, 4) is 0 Å². The van der Waals surface area contributed by atoms with Crippen molar-refractivity contribution in [1.82, 2.24) is 4.98 Å². The Kier molecular flexibility index (Phi) is 4.32. The van der Waals surface area contributed by atoms with E-state index in [-0.39, 0.29) is 6.04 Å². The Morgan fingerprint density at radius 1 is 1.19 bits per heavy atom. The van der Waals surface area contributed by atoms with Crippen LogP contribution in [-0.4, -0.2) is 4.98 Å². The fourth-order valence-corrected chi connectivity index (χ4v) is 3.35. The molecular weight excluding hydrogens is 276 g/mol. The third kappa shape index (κ3) is 3.49. The first kappa shape index (κ1) is 14.2. The minimum Gasteiger partial charge on any atom is -0.324 e. The number of nitrogens with two attached hydrogens (primary N) is 1. The Morgan fingerprint density at radius 3 is 2.90 bits per heavy atom. The van der Waals surface area contributed by atoms with Gasteiger partial charge in [0.2, 0.25) is 0 Å². The molecule has 2 heterocycles. The van der Waals surface area contributed by atoms with E-state index in [2.05, 4.69) is 52.8 Å². The van der Waals surface area contributed by atoms with Gasteiger partial charge in [0.1, 0.15) is 0 Å². The molecule has 1 aromatic carbocycles. The SMILES string of the molecule is Cc1ccc2cc(C(N)CCCc3cccs3)ccc2n1. The van der Waals surface area contributed by atoms with Crippen LogP contribution in [0, 0.1) is 6.92 Å². The van der Waals surface area contributed by atoms with Crippen LogP contribution in [0.4, 0.5) is 0 Å². The van der Waals surface area contributed by atoms with Crippen LogP contribution in [0.5, 0.6) is 0 Å². The average Bonchev–Trinajstić information content (AvgIpc) is 3.00. The summed E-state index contributed by atoms with van der Waals surface area (Å²) in [5, 5.41) is 3.31.